The highest BCUT2D eigenvalue weighted by atomic mass is 35.5. The van der Waals surface area contributed by atoms with Crippen molar-refractivity contribution in [2.24, 2.45) is 0 Å². The van der Waals surface area contributed by atoms with E-state index in [0.29, 0.717) is 41.5 Å². The normalized spacial score (nSPS) is 18.2. The molecule has 25 heavy (non-hydrogen) atoms. The molecule has 0 aliphatic carbocycles. The number of nitrogens with zero attached hydrogens (tertiary/aromatic N) is 1. The van der Waals surface area contributed by atoms with Gasteiger partial charge in [0.15, 0.2) is 0 Å². The molecule has 0 unspecified atom stereocenters. The fourth-order valence-corrected chi connectivity index (χ4v) is 3.41. The summed E-state index contributed by atoms with van der Waals surface area (Å²) in [5, 5.41) is 13.1. The van der Waals surface area contributed by atoms with Crippen LogP contribution in [0, 0.1) is 0 Å². The number of aliphatic hydroxyl groups is 1. The summed E-state index contributed by atoms with van der Waals surface area (Å²) in [4.78, 5) is 26.6. The second-order valence-electron chi connectivity index (χ2n) is 6.00. The van der Waals surface area contributed by atoms with Crippen LogP contribution in [0.25, 0.3) is 0 Å². The van der Waals surface area contributed by atoms with Crippen LogP contribution in [0.1, 0.15) is 29.6 Å². The van der Waals surface area contributed by atoms with Crippen LogP contribution in [-0.4, -0.2) is 60.8 Å². The van der Waals surface area contributed by atoms with E-state index in [0.717, 1.165) is 6.42 Å². The molecule has 0 spiro atoms. The van der Waals surface area contributed by atoms with Gasteiger partial charge >= 0.3 is 0 Å². The second-order valence-corrected chi connectivity index (χ2v) is 6.88. The van der Waals surface area contributed by atoms with Gasteiger partial charge < -0.3 is 20.1 Å². The molecule has 0 radical (unpaired) electrons. The van der Waals surface area contributed by atoms with Crippen LogP contribution in [0.2, 0.25) is 10.0 Å². The zero-order chi connectivity index (χ0) is 18.4. The molecular weight excluding hydrogens is 367 g/mol. The lowest BCUT2D eigenvalue weighted by molar-refractivity contribution is -0.124. The summed E-state index contributed by atoms with van der Waals surface area (Å²) in [5.74, 6) is -0.481. The van der Waals surface area contributed by atoms with Gasteiger partial charge in [-0.1, -0.05) is 23.2 Å². The van der Waals surface area contributed by atoms with Crippen molar-refractivity contribution in [3.05, 3.63) is 33.8 Å². The Labute approximate surface area is 157 Å². The first-order valence-electron chi connectivity index (χ1n) is 8.14. The first-order chi connectivity index (χ1) is 11.9. The molecule has 0 bridgehead atoms. The van der Waals surface area contributed by atoms with Crippen molar-refractivity contribution in [2.75, 3.05) is 26.8 Å². The number of hydrogen-bond donors (Lipinski definition) is 2. The van der Waals surface area contributed by atoms with Crippen molar-refractivity contribution >= 4 is 35.0 Å². The number of carbonyl (C=O) groups is 2. The SMILES string of the molecule is COC[C@H](O)CCNC(=O)[C@@H]1CCCN1C(=O)c1cc(Cl)cc(Cl)c1. The van der Waals surface area contributed by atoms with Gasteiger partial charge in [-0.05, 0) is 37.5 Å². The quantitative estimate of drug-likeness (QED) is 0.749. The fourth-order valence-electron chi connectivity index (χ4n) is 2.88. The van der Waals surface area contributed by atoms with E-state index in [4.69, 9.17) is 27.9 Å². The van der Waals surface area contributed by atoms with Gasteiger partial charge in [-0.2, -0.15) is 0 Å². The number of aliphatic hydroxyl groups excluding tert-OH is 1. The lowest BCUT2D eigenvalue weighted by Crippen LogP contribution is -2.46. The Hall–Kier alpha value is -1.34. The molecule has 138 valence electrons. The molecule has 1 aromatic carbocycles. The van der Waals surface area contributed by atoms with Crippen LogP contribution < -0.4 is 5.32 Å². The lowest BCUT2D eigenvalue weighted by Gasteiger charge is -2.24. The number of likely N-dealkylation sites (tertiary alicyclic amines) is 1. The zero-order valence-electron chi connectivity index (χ0n) is 14.0. The van der Waals surface area contributed by atoms with Crippen LogP contribution in [0.15, 0.2) is 18.2 Å². The number of amides is 2. The smallest absolute Gasteiger partial charge is 0.254 e. The van der Waals surface area contributed by atoms with Crippen molar-refractivity contribution in [1.29, 1.82) is 0 Å². The second kappa shape index (κ2) is 9.38. The van der Waals surface area contributed by atoms with Crippen LogP contribution in [-0.2, 0) is 9.53 Å². The molecule has 2 atom stereocenters. The van der Waals surface area contributed by atoms with Crippen LogP contribution >= 0.6 is 23.2 Å². The Balaban J connectivity index is 1.96. The largest absolute Gasteiger partial charge is 0.391 e. The summed E-state index contributed by atoms with van der Waals surface area (Å²) in [6.45, 7) is 1.05. The molecule has 6 nitrogen and oxygen atoms in total. The molecule has 0 saturated carbocycles. The van der Waals surface area contributed by atoms with Crippen molar-refractivity contribution < 1.29 is 19.4 Å². The maximum atomic E-state index is 12.7. The van der Waals surface area contributed by atoms with Gasteiger partial charge in [0.05, 0.1) is 12.7 Å². The molecule has 2 rings (SSSR count). The first kappa shape index (κ1) is 20.0. The standard InChI is InChI=1S/C17H22Cl2N2O4/c1-25-10-14(22)4-5-20-16(23)15-3-2-6-21(15)17(24)11-7-12(18)9-13(19)8-11/h7-9,14-15,22H,2-6,10H2,1H3,(H,20,23)/t14-,15+/m1/s1. The van der Waals surface area contributed by atoms with E-state index in [2.05, 4.69) is 5.32 Å². The maximum absolute atomic E-state index is 12.7. The third kappa shape index (κ3) is 5.57. The van der Waals surface area contributed by atoms with Gasteiger partial charge in [0, 0.05) is 35.8 Å². The summed E-state index contributed by atoms with van der Waals surface area (Å²) >= 11 is 11.9. The summed E-state index contributed by atoms with van der Waals surface area (Å²) in [6.07, 6.45) is 1.13. The predicted molar refractivity (Wildman–Crippen MR) is 96.0 cm³/mol. The molecule has 1 aliphatic rings. The number of carbonyl (C=O) groups excluding carboxylic acids is 2. The summed E-state index contributed by atoms with van der Waals surface area (Å²) in [5.41, 5.74) is 0.368. The van der Waals surface area contributed by atoms with Gasteiger partial charge in [0.25, 0.3) is 5.91 Å². The van der Waals surface area contributed by atoms with E-state index in [1.54, 1.807) is 23.1 Å². The van der Waals surface area contributed by atoms with E-state index >= 15 is 0 Å². The van der Waals surface area contributed by atoms with Gasteiger partial charge in [0.1, 0.15) is 6.04 Å². The predicted octanol–water partition coefficient (Wildman–Crippen LogP) is 2.11. The molecule has 1 heterocycles. The summed E-state index contributed by atoms with van der Waals surface area (Å²) < 4.78 is 4.84. The monoisotopic (exact) mass is 388 g/mol. The molecule has 0 aromatic heterocycles. The number of methoxy groups -OCH3 is 1. The van der Waals surface area contributed by atoms with Gasteiger partial charge in [-0.25, -0.2) is 0 Å². The minimum atomic E-state index is -0.625. The number of halogens is 2. The molecule has 2 N–H and O–H groups in total. The Kier molecular flexibility index (Phi) is 7.50. The van der Waals surface area contributed by atoms with E-state index in [9.17, 15) is 14.7 Å². The number of benzene rings is 1. The highest BCUT2D eigenvalue weighted by Crippen LogP contribution is 2.24. The molecule has 8 heteroatoms. The van der Waals surface area contributed by atoms with Crippen molar-refractivity contribution in [3.8, 4) is 0 Å². The topological polar surface area (TPSA) is 78.9 Å². The summed E-state index contributed by atoms with van der Waals surface area (Å²) in [7, 11) is 1.51. The first-order valence-corrected chi connectivity index (χ1v) is 8.89. The third-order valence-electron chi connectivity index (χ3n) is 4.06. The number of rotatable bonds is 7. The number of ether oxygens (including phenoxy) is 1. The number of nitrogens with one attached hydrogen (secondary N) is 1. The van der Waals surface area contributed by atoms with E-state index in [-0.39, 0.29) is 18.4 Å². The van der Waals surface area contributed by atoms with Gasteiger partial charge in [0.2, 0.25) is 5.91 Å². The maximum Gasteiger partial charge on any atom is 0.254 e. The molecule has 1 aromatic rings. The highest BCUT2D eigenvalue weighted by Gasteiger charge is 2.34. The average molecular weight is 389 g/mol. The van der Waals surface area contributed by atoms with Gasteiger partial charge in [-0.15, -0.1) is 0 Å². The molecule has 1 aliphatic heterocycles. The Morgan fingerprint density at radius 3 is 2.68 bits per heavy atom. The minimum absolute atomic E-state index is 0.219. The third-order valence-corrected chi connectivity index (χ3v) is 4.50. The summed E-state index contributed by atoms with van der Waals surface area (Å²) in [6, 6.07) is 4.12. The Bertz CT molecular complexity index is 606. The van der Waals surface area contributed by atoms with Crippen molar-refractivity contribution in [2.45, 2.75) is 31.4 Å². The zero-order valence-corrected chi connectivity index (χ0v) is 15.5. The Morgan fingerprint density at radius 1 is 1.36 bits per heavy atom. The Morgan fingerprint density at radius 2 is 2.04 bits per heavy atom. The van der Waals surface area contributed by atoms with Crippen molar-refractivity contribution in [1.82, 2.24) is 10.2 Å². The molecular formula is C17H22Cl2N2O4. The van der Waals surface area contributed by atoms with Crippen molar-refractivity contribution in [3.63, 3.8) is 0 Å². The van der Waals surface area contributed by atoms with E-state index in [1.807, 2.05) is 0 Å². The van der Waals surface area contributed by atoms with Gasteiger partial charge in [-0.3, -0.25) is 9.59 Å². The van der Waals surface area contributed by atoms with Crippen LogP contribution in [0.5, 0.6) is 0 Å². The average Bonchev–Trinajstić information content (AvgIpc) is 3.03. The molecule has 2 amide bonds. The van der Waals surface area contributed by atoms with Crippen LogP contribution in [0.3, 0.4) is 0 Å². The molecule has 1 fully saturated rings. The lowest BCUT2D eigenvalue weighted by atomic mass is 10.1. The van der Waals surface area contributed by atoms with E-state index in [1.165, 1.54) is 7.11 Å². The minimum Gasteiger partial charge on any atom is -0.391 e. The molecule has 1 saturated heterocycles. The highest BCUT2D eigenvalue weighted by molar-refractivity contribution is 6.35. The van der Waals surface area contributed by atoms with E-state index < -0.39 is 12.1 Å². The number of hydrogen-bond acceptors (Lipinski definition) is 4. The fraction of sp³-hybridized carbons (Fsp3) is 0.529. The van der Waals surface area contributed by atoms with Crippen LogP contribution in [0.4, 0.5) is 0 Å².